The molecular weight excluding hydrogens is 1350 g/mol. The molecule has 0 aromatic carbocycles. The fraction of sp³-hybridized carbons (Fsp3) is 0.624. The molecule has 0 rings (SSSR count). The minimum atomic E-state index is -5.03. The zero-order valence-corrected chi connectivity index (χ0v) is 66.2. The van der Waals surface area contributed by atoms with Gasteiger partial charge < -0.3 is 33.8 Å². The number of phosphoric ester groups is 2. The summed E-state index contributed by atoms with van der Waals surface area (Å²) in [5, 5.41) is 10.6. The van der Waals surface area contributed by atoms with E-state index in [0.717, 1.165) is 148 Å². The molecule has 104 heavy (non-hydrogen) atoms. The Labute approximate surface area is 629 Å². The smallest absolute Gasteiger partial charge is 0.462 e. The first-order valence-electron chi connectivity index (χ1n) is 39.4. The van der Waals surface area contributed by atoms with Gasteiger partial charge in [0.2, 0.25) is 0 Å². The molecular formula is C85H138O17P2. The van der Waals surface area contributed by atoms with Crippen molar-refractivity contribution in [3.05, 3.63) is 170 Å². The Kier molecular flexibility index (Phi) is 71.6. The fourth-order valence-corrected chi connectivity index (χ4v) is 11.4. The van der Waals surface area contributed by atoms with E-state index in [1.54, 1.807) is 18.2 Å². The van der Waals surface area contributed by atoms with Crippen LogP contribution in [0.3, 0.4) is 0 Å². The predicted molar refractivity (Wildman–Crippen MR) is 426 cm³/mol. The van der Waals surface area contributed by atoms with Crippen LogP contribution in [0.5, 0.6) is 0 Å². The summed E-state index contributed by atoms with van der Waals surface area (Å²) < 4.78 is 68.3. The van der Waals surface area contributed by atoms with Crippen molar-refractivity contribution in [2.45, 2.75) is 303 Å². The number of hydrogen-bond acceptors (Lipinski definition) is 15. The van der Waals surface area contributed by atoms with Gasteiger partial charge >= 0.3 is 39.5 Å². The van der Waals surface area contributed by atoms with E-state index in [9.17, 15) is 43.2 Å². The average Bonchev–Trinajstić information content (AvgIpc) is 0.912. The van der Waals surface area contributed by atoms with E-state index in [0.29, 0.717) is 25.7 Å². The van der Waals surface area contributed by atoms with Crippen molar-refractivity contribution in [3.63, 3.8) is 0 Å². The molecule has 0 aromatic rings. The molecule has 19 heteroatoms. The number of hydrogen-bond donors (Lipinski definition) is 3. The third-order valence-electron chi connectivity index (χ3n) is 15.7. The molecule has 5 unspecified atom stereocenters. The highest BCUT2D eigenvalue weighted by atomic mass is 31.2. The molecule has 0 radical (unpaired) electrons. The number of phosphoric acid groups is 2. The summed E-state index contributed by atoms with van der Waals surface area (Å²) in [7, 11) is -10.0. The molecule has 0 aliphatic rings. The molecule has 0 aliphatic heterocycles. The van der Waals surface area contributed by atoms with Crippen LogP contribution >= 0.6 is 15.6 Å². The molecule has 3 N–H and O–H groups in total. The number of unbranched alkanes of at least 4 members (excludes halogenated alkanes) is 20. The van der Waals surface area contributed by atoms with Crippen LogP contribution < -0.4 is 0 Å². The normalized spacial score (nSPS) is 14.8. The highest BCUT2D eigenvalue weighted by Gasteiger charge is 2.30. The second-order valence-corrected chi connectivity index (χ2v) is 28.5. The number of rotatable bonds is 72. The third kappa shape index (κ3) is 74.7. The van der Waals surface area contributed by atoms with Crippen LogP contribution in [0.2, 0.25) is 0 Å². The number of aliphatic hydroxyl groups is 1. The first kappa shape index (κ1) is 98.4. The zero-order valence-electron chi connectivity index (χ0n) is 64.4. The summed E-state index contributed by atoms with van der Waals surface area (Å²) in [5.74, 6) is -2.51. The van der Waals surface area contributed by atoms with Crippen molar-refractivity contribution in [3.8, 4) is 0 Å². The summed E-state index contributed by atoms with van der Waals surface area (Å²) in [4.78, 5) is 72.8. The van der Waals surface area contributed by atoms with Crippen LogP contribution in [0.15, 0.2) is 170 Å². The minimum Gasteiger partial charge on any atom is -0.462 e. The second kappa shape index (κ2) is 75.6. The zero-order chi connectivity index (χ0) is 76.0. The van der Waals surface area contributed by atoms with Gasteiger partial charge in [-0.15, -0.1) is 0 Å². The van der Waals surface area contributed by atoms with Gasteiger partial charge in [0.1, 0.15) is 19.3 Å². The Morgan fingerprint density at radius 1 is 0.288 bits per heavy atom. The van der Waals surface area contributed by atoms with E-state index >= 15 is 0 Å². The van der Waals surface area contributed by atoms with E-state index in [1.165, 1.54) is 57.8 Å². The second-order valence-electron chi connectivity index (χ2n) is 25.6. The topological polar surface area (TPSA) is 237 Å². The maximum absolute atomic E-state index is 13.1. The Morgan fingerprint density at radius 2 is 0.548 bits per heavy atom. The largest absolute Gasteiger partial charge is 0.472 e. The molecule has 0 amide bonds. The lowest BCUT2D eigenvalue weighted by Crippen LogP contribution is -2.30. The Bertz CT molecular complexity index is 2640. The minimum absolute atomic E-state index is 0.0724. The highest BCUT2D eigenvalue weighted by Crippen LogP contribution is 2.45. The van der Waals surface area contributed by atoms with E-state index in [-0.39, 0.29) is 25.7 Å². The summed E-state index contributed by atoms with van der Waals surface area (Å²) in [5.41, 5.74) is 0. The van der Waals surface area contributed by atoms with Gasteiger partial charge in [-0.25, -0.2) is 9.13 Å². The first-order chi connectivity index (χ1) is 50.7. The summed E-state index contributed by atoms with van der Waals surface area (Å²) in [6.45, 7) is 4.34. The monoisotopic (exact) mass is 1490 g/mol. The Hall–Kier alpha value is -5.58. The van der Waals surface area contributed by atoms with Crippen LogP contribution in [-0.2, 0) is 65.4 Å². The molecule has 0 aliphatic carbocycles. The van der Waals surface area contributed by atoms with Gasteiger partial charge in [0.15, 0.2) is 12.2 Å². The van der Waals surface area contributed by atoms with Gasteiger partial charge in [0, 0.05) is 12.8 Å². The molecule has 17 nitrogen and oxygen atoms in total. The molecule has 0 bridgehead atoms. The van der Waals surface area contributed by atoms with Crippen molar-refractivity contribution >= 4 is 39.5 Å². The van der Waals surface area contributed by atoms with Gasteiger partial charge in [0.25, 0.3) is 0 Å². The third-order valence-corrected chi connectivity index (χ3v) is 17.6. The van der Waals surface area contributed by atoms with E-state index in [4.69, 9.17) is 37.0 Å². The standard InChI is InChI=1S/C85H138O17P2/c1-5-9-13-17-21-25-29-33-37-38-39-40-44-46-50-54-58-62-66-70-83(88)96-76-81(102-85(90)72-68-64-60-56-52-48-43-36-32-28-24-20-16-12-8-4)78-100-104(93,94)98-74-79(86)73-97-103(91,92)99-77-80(101-84(89)71-67-63-59-55-51-47-42-35-31-27-23-19-15-11-7-3)75-95-82(87)69-65-61-57-53-49-45-41-34-30-26-22-18-14-10-6-2/h10-11,14-15,21-23,25-27,33-37,39-43,49,51,53,55,61,63,65,67,79-81,86H,5-9,12-13,16-20,24,28-32,38,44-48,50,52,54,56-60,62,64,66,68-78H2,1-4H3,(H,91,92)(H,93,94)/b14-10-,15-11-,25-21-,26-22-,27-23-,37-33-,40-39-,41-34-,42-35-,43-36-,53-49-,55-51-,65-61-,67-63-. The number of ether oxygens (including phenoxy) is 4. The van der Waals surface area contributed by atoms with Crippen molar-refractivity contribution in [1.29, 1.82) is 0 Å². The molecule has 0 saturated heterocycles. The van der Waals surface area contributed by atoms with Gasteiger partial charge in [0.05, 0.1) is 39.3 Å². The van der Waals surface area contributed by atoms with Gasteiger partial charge in [-0.05, 0) is 141 Å². The number of carbonyl (C=O) groups is 4. The lowest BCUT2D eigenvalue weighted by atomic mass is 10.1. The fourth-order valence-electron chi connectivity index (χ4n) is 9.78. The van der Waals surface area contributed by atoms with Gasteiger partial charge in [-0.3, -0.25) is 37.3 Å². The highest BCUT2D eigenvalue weighted by molar-refractivity contribution is 7.47. The molecule has 5 atom stereocenters. The quantitative estimate of drug-likeness (QED) is 0.0169. The molecule has 0 heterocycles. The van der Waals surface area contributed by atoms with E-state index in [1.807, 2.05) is 30.4 Å². The number of aliphatic hydroxyl groups excluding tert-OH is 1. The van der Waals surface area contributed by atoms with Crippen molar-refractivity contribution in [2.75, 3.05) is 39.6 Å². The number of carbonyl (C=O) groups excluding carboxylic acids is 4. The molecule has 0 saturated carbocycles. The first-order valence-corrected chi connectivity index (χ1v) is 42.4. The van der Waals surface area contributed by atoms with Gasteiger partial charge in [-0.2, -0.15) is 0 Å². The van der Waals surface area contributed by atoms with Crippen molar-refractivity contribution in [1.82, 2.24) is 0 Å². The van der Waals surface area contributed by atoms with Gasteiger partial charge in [-0.1, -0.05) is 288 Å². The maximum atomic E-state index is 13.1. The summed E-state index contributed by atoms with van der Waals surface area (Å²) in [6.07, 6.45) is 89.7. The lowest BCUT2D eigenvalue weighted by Gasteiger charge is -2.21. The van der Waals surface area contributed by atoms with Crippen LogP contribution in [0.25, 0.3) is 0 Å². The van der Waals surface area contributed by atoms with E-state index < -0.39 is 97.5 Å². The lowest BCUT2D eigenvalue weighted by molar-refractivity contribution is -0.161. The SMILES string of the molecule is CC/C=C\C/C=C\C/C=C\C/C=C\C/C=C\CC(=O)OCC(COP(=O)(O)OCC(O)COP(=O)(O)OCC(COC(=O)CCCCCCCC/C=C\C/C=C\C/C=C\CCCCC)OC(=O)CCCCCCC/C=C\CCCCCCCC)OC(=O)C/C=C\C/C=C\C/C=C\C/C=C\C/C=C\CC. The molecule has 0 fully saturated rings. The Morgan fingerprint density at radius 3 is 0.923 bits per heavy atom. The Balaban J connectivity index is 5.51. The van der Waals surface area contributed by atoms with Crippen LogP contribution in [-0.4, -0.2) is 96.7 Å². The van der Waals surface area contributed by atoms with Crippen LogP contribution in [0.1, 0.15) is 285 Å². The number of esters is 4. The predicted octanol–water partition coefficient (Wildman–Crippen LogP) is 23.0. The maximum Gasteiger partial charge on any atom is 0.472 e. The summed E-state index contributed by atoms with van der Waals surface area (Å²) in [6, 6.07) is 0. The number of allylic oxidation sites excluding steroid dienone is 26. The van der Waals surface area contributed by atoms with Crippen LogP contribution in [0, 0.1) is 0 Å². The van der Waals surface area contributed by atoms with E-state index in [2.05, 4.69) is 149 Å². The van der Waals surface area contributed by atoms with Crippen molar-refractivity contribution < 1.29 is 80.2 Å². The summed E-state index contributed by atoms with van der Waals surface area (Å²) >= 11 is 0. The van der Waals surface area contributed by atoms with Crippen LogP contribution in [0.4, 0.5) is 0 Å². The molecule has 0 aromatic heterocycles. The average molecular weight is 1490 g/mol. The molecule has 0 spiro atoms. The molecule has 590 valence electrons. The van der Waals surface area contributed by atoms with Crippen molar-refractivity contribution in [2.24, 2.45) is 0 Å².